The van der Waals surface area contributed by atoms with E-state index in [1.807, 2.05) is 30.3 Å². The van der Waals surface area contributed by atoms with Gasteiger partial charge in [0.25, 0.3) is 5.91 Å². The summed E-state index contributed by atoms with van der Waals surface area (Å²) in [6.45, 7) is 9.88. The van der Waals surface area contributed by atoms with Gasteiger partial charge in [0.1, 0.15) is 12.1 Å². The largest absolute Gasteiger partial charge is 0.368 e. The minimum Gasteiger partial charge on any atom is -0.368 e. The topological polar surface area (TPSA) is 211 Å². The molecule has 282 valence electrons. The fourth-order valence-corrected chi connectivity index (χ4v) is 6.34. The van der Waals surface area contributed by atoms with E-state index in [-0.39, 0.29) is 49.2 Å². The average Bonchev–Trinajstić information content (AvgIpc) is 3.14. The maximum Gasteiger partial charge on any atom is 0.255 e. The third kappa shape index (κ3) is 9.34. The van der Waals surface area contributed by atoms with E-state index in [4.69, 9.17) is 11.5 Å². The Labute approximate surface area is 315 Å². The fraction of sp³-hybridized carbons (Fsp3) is 0.341. The summed E-state index contributed by atoms with van der Waals surface area (Å²) in [6.07, 6.45) is 2.68. The summed E-state index contributed by atoms with van der Waals surface area (Å²) >= 11 is 0. The van der Waals surface area contributed by atoms with Gasteiger partial charge in [-0.05, 0) is 72.5 Å². The minimum atomic E-state index is -1.04. The summed E-state index contributed by atoms with van der Waals surface area (Å²) in [6, 6.07) is 16.9. The summed E-state index contributed by atoms with van der Waals surface area (Å²) in [7, 11) is 0. The zero-order valence-corrected chi connectivity index (χ0v) is 31.3. The number of hydrogen-bond acceptors (Lipinski definition) is 8. The van der Waals surface area contributed by atoms with Crippen molar-refractivity contribution in [2.75, 3.05) is 18.4 Å². The van der Waals surface area contributed by atoms with E-state index in [0.29, 0.717) is 45.0 Å². The molecule has 4 aromatic rings. The fourth-order valence-electron chi connectivity index (χ4n) is 6.34. The lowest BCUT2D eigenvalue weighted by Crippen LogP contribution is -2.49. The van der Waals surface area contributed by atoms with Crippen molar-refractivity contribution in [3.63, 3.8) is 0 Å². The molecule has 4 bridgehead atoms. The van der Waals surface area contributed by atoms with Crippen molar-refractivity contribution in [2.45, 2.75) is 77.8 Å². The molecule has 13 heteroatoms. The molecule has 5 rings (SSSR count). The molecule has 0 radical (unpaired) electrons. The molecule has 1 aliphatic heterocycles. The van der Waals surface area contributed by atoms with E-state index >= 15 is 0 Å². The summed E-state index contributed by atoms with van der Waals surface area (Å²) < 4.78 is 0. The van der Waals surface area contributed by atoms with Crippen LogP contribution in [-0.4, -0.2) is 64.7 Å². The molecule has 0 fully saturated rings. The van der Waals surface area contributed by atoms with Crippen LogP contribution in [0.5, 0.6) is 0 Å². The van der Waals surface area contributed by atoms with Gasteiger partial charge < -0.3 is 32.7 Å². The highest BCUT2D eigenvalue weighted by molar-refractivity contribution is 6.04. The number of hydrogen-bond donors (Lipinski definition) is 6. The maximum atomic E-state index is 14.0. The quantitative estimate of drug-likeness (QED) is 0.142. The van der Waals surface area contributed by atoms with E-state index < -0.39 is 35.7 Å². The number of carbonyl (C=O) groups excluding carboxylic acids is 5. The lowest BCUT2D eigenvalue weighted by molar-refractivity contribution is -0.128. The molecule has 0 spiro atoms. The second kappa shape index (κ2) is 16.8. The van der Waals surface area contributed by atoms with Gasteiger partial charge >= 0.3 is 0 Å². The third-order valence-electron chi connectivity index (χ3n) is 9.92. The molecule has 0 saturated heterocycles. The normalized spacial score (nSPS) is 15.3. The van der Waals surface area contributed by atoms with Gasteiger partial charge in [-0.2, -0.15) is 0 Å². The zero-order chi connectivity index (χ0) is 39.2. The Kier molecular flexibility index (Phi) is 12.2. The summed E-state index contributed by atoms with van der Waals surface area (Å²) in [5.74, 6) is -2.20. The van der Waals surface area contributed by atoms with E-state index in [1.54, 1.807) is 32.0 Å². The Balaban J connectivity index is 1.42. The van der Waals surface area contributed by atoms with Crippen LogP contribution >= 0.6 is 0 Å². The number of fused-ring (bicyclic) bond motifs is 5. The number of carbonyl (C=O) groups is 5. The average molecular weight is 733 g/mol. The molecule has 5 amide bonds. The monoisotopic (exact) mass is 732 g/mol. The number of amides is 5. The van der Waals surface area contributed by atoms with Gasteiger partial charge in [-0.3, -0.25) is 24.0 Å². The Morgan fingerprint density at radius 2 is 1.72 bits per heavy atom. The molecule has 8 N–H and O–H groups in total. The van der Waals surface area contributed by atoms with Crippen LogP contribution < -0.4 is 32.7 Å². The lowest BCUT2D eigenvalue weighted by atomic mass is 9.82. The van der Waals surface area contributed by atoms with Gasteiger partial charge in [0.05, 0.1) is 29.9 Å². The number of nitrogens with one attached hydrogen (secondary N) is 4. The van der Waals surface area contributed by atoms with Gasteiger partial charge in [0, 0.05) is 23.7 Å². The first-order chi connectivity index (χ1) is 25.7. The molecule has 2 atom stereocenters. The van der Waals surface area contributed by atoms with Crippen molar-refractivity contribution in [3.8, 4) is 22.5 Å². The van der Waals surface area contributed by atoms with Crippen molar-refractivity contribution in [1.82, 2.24) is 25.9 Å². The SMILES string of the molecule is CCC(C)(C)c1ccc(-c2ncc(C(=O)N[C@@H](CCN)C(=O)Nc3c(C)cc4cc3-c3cccc(c3)CC(=O)NCC(=O)NC(C(N)=O)C4)c(C)n2)cc1. The highest BCUT2D eigenvalue weighted by atomic mass is 16.2. The van der Waals surface area contributed by atoms with Gasteiger partial charge in [-0.25, -0.2) is 9.97 Å². The van der Waals surface area contributed by atoms with Crippen molar-refractivity contribution in [3.05, 3.63) is 100 Å². The van der Waals surface area contributed by atoms with Crippen molar-refractivity contribution in [2.24, 2.45) is 11.5 Å². The molecule has 1 aromatic heterocycles. The minimum absolute atomic E-state index is 0.000961. The molecule has 54 heavy (non-hydrogen) atoms. The highest BCUT2D eigenvalue weighted by Gasteiger charge is 2.26. The number of rotatable bonds is 10. The van der Waals surface area contributed by atoms with E-state index in [9.17, 15) is 24.0 Å². The molecule has 13 nitrogen and oxygen atoms in total. The smallest absolute Gasteiger partial charge is 0.255 e. The Morgan fingerprint density at radius 1 is 0.981 bits per heavy atom. The number of aromatic nitrogens is 2. The van der Waals surface area contributed by atoms with E-state index in [2.05, 4.69) is 64.1 Å². The second-order valence-electron chi connectivity index (χ2n) is 14.3. The number of nitrogens with zero attached hydrogens (tertiary/aromatic N) is 2. The standard InChI is InChI=1S/C41H48N8O5/c1-6-41(4,5)29-12-10-27(11-13-29)38-45-21-31(24(3)46-38)39(53)48-32(14-15-42)40(54)49-36-23(2)16-26-18-30(36)28-9-7-8-25(17-28)20-34(50)44-22-35(51)47-33(19-26)37(43)52/h7-13,16-18,21,32-33H,6,14-15,19-20,22,42H2,1-5H3,(H2,43,52)(H,44,50)(H,47,51)(H,48,53)(H,49,54)/t32-,33?/m0/s1. The first-order valence-corrected chi connectivity index (χ1v) is 18.0. The number of nitrogens with two attached hydrogens (primary N) is 2. The Hall–Kier alpha value is -5.95. The zero-order valence-electron chi connectivity index (χ0n) is 31.3. The molecular weight excluding hydrogens is 685 g/mol. The Bertz CT molecular complexity index is 2080. The molecule has 0 aliphatic carbocycles. The van der Waals surface area contributed by atoms with Crippen molar-refractivity contribution >= 4 is 35.2 Å². The van der Waals surface area contributed by atoms with Crippen molar-refractivity contribution < 1.29 is 24.0 Å². The van der Waals surface area contributed by atoms with E-state index in [0.717, 1.165) is 12.0 Å². The molecular formula is C41H48N8O5. The molecule has 1 aliphatic rings. The maximum absolute atomic E-state index is 14.0. The molecule has 3 aromatic carbocycles. The van der Waals surface area contributed by atoms with Gasteiger partial charge in [-0.1, -0.05) is 75.4 Å². The van der Waals surface area contributed by atoms with Crippen LogP contribution in [0.4, 0.5) is 5.69 Å². The summed E-state index contributed by atoms with van der Waals surface area (Å²) in [5.41, 5.74) is 18.1. The predicted molar refractivity (Wildman–Crippen MR) is 207 cm³/mol. The van der Waals surface area contributed by atoms with Crippen LogP contribution in [0, 0.1) is 13.8 Å². The second-order valence-corrected chi connectivity index (χ2v) is 14.3. The van der Waals surface area contributed by atoms with Crippen LogP contribution in [0.25, 0.3) is 22.5 Å². The summed E-state index contributed by atoms with van der Waals surface area (Å²) in [5, 5.41) is 11.0. The van der Waals surface area contributed by atoms with E-state index in [1.165, 1.54) is 11.8 Å². The van der Waals surface area contributed by atoms with Gasteiger partial charge in [-0.15, -0.1) is 0 Å². The number of aryl methyl sites for hydroxylation is 2. The number of benzene rings is 3. The van der Waals surface area contributed by atoms with Crippen LogP contribution in [0.2, 0.25) is 0 Å². The number of primary amides is 1. The first kappa shape index (κ1) is 39.3. The van der Waals surface area contributed by atoms with Crippen molar-refractivity contribution in [1.29, 1.82) is 0 Å². The number of anilines is 1. The molecule has 2 heterocycles. The highest BCUT2D eigenvalue weighted by Crippen LogP contribution is 2.34. The van der Waals surface area contributed by atoms with Crippen LogP contribution in [0.3, 0.4) is 0 Å². The first-order valence-electron chi connectivity index (χ1n) is 18.0. The predicted octanol–water partition coefficient (Wildman–Crippen LogP) is 3.39. The molecule has 0 saturated carbocycles. The molecule has 1 unspecified atom stereocenters. The van der Waals surface area contributed by atoms with Crippen LogP contribution in [-0.2, 0) is 37.4 Å². The van der Waals surface area contributed by atoms with Crippen LogP contribution in [0.1, 0.15) is 71.9 Å². The summed E-state index contributed by atoms with van der Waals surface area (Å²) in [4.78, 5) is 74.2. The Morgan fingerprint density at radius 3 is 2.39 bits per heavy atom. The van der Waals surface area contributed by atoms with Gasteiger partial charge in [0.2, 0.25) is 23.6 Å². The lowest BCUT2D eigenvalue weighted by Gasteiger charge is -2.23. The third-order valence-corrected chi connectivity index (χ3v) is 9.92. The van der Waals surface area contributed by atoms with Gasteiger partial charge in [0.15, 0.2) is 5.82 Å². The van der Waals surface area contributed by atoms with Crippen LogP contribution in [0.15, 0.2) is 66.9 Å².